The van der Waals surface area contributed by atoms with Gasteiger partial charge in [0.25, 0.3) is 0 Å². The number of rotatable bonds is 1. The van der Waals surface area contributed by atoms with Crippen molar-refractivity contribution in [2.45, 2.75) is 19.4 Å². The molecule has 0 spiro atoms. The van der Waals surface area contributed by atoms with Crippen molar-refractivity contribution in [1.29, 1.82) is 0 Å². The summed E-state index contributed by atoms with van der Waals surface area (Å²) in [6.07, 6.45) is 0.944. The number of carbonyl (C=O) groups is 1. The Morgan fingerprint density at radius 3 is 3.07 bits per heavy atom. The fraction of sp³-hybridized carbons (Fsp3) is 0.364. The SMILES string of the molecule is CC(=O)C1NCCc2cc(Cl)ccc21. The van der Waals surface area contributed by atoms with E-state index in [9.17, 15) is 4.79 Å². The third kappa shape index (κ3) is 1.68. The highest BCUT2D eigenvalue weighted by molar-refractivity contribution is 6.30. The molecule has 1 aliphatic rings. The maximum atomic E-state index is 11.4. The summed E-state index contributed by atoms with van der Waals surface area (Å²) >= 11 is 5.90. The molecule has 0 aromatic heterocycles. The summed E-state index contributed by atoms with van der Waals surface area (Å²) in [6, 6.07) is 5.59. The van der Waals surface area contributed by atoms with Crippen LogP contribution in [0.5, 0.6) is 0 Å². The lowest BCUT2D eigenvalue weighted by Crippen LogP contribution is -2.33. The standard InChI is InChI=1S/C11H12ClNO/c1-7(14)11-10-3-2-9(12)6-8(10)4-5-13-11/h2-3,6,11,13H,4-5H2,1H3. The minimum Gasteiger partial charge on any atom is -0.303 e. The summed E-state index contributed by atoms with van der Waals surface area (Å²) in [7, 11) is 0. The lowest BCUT2D eigenvalue weighted by atomic mass is 9.92. The van der Waals surface area contributed by atoms with E-state index >= 15 is 0 Å². The van der Waals surface area contributed by atoms with Crippen LogP contribution in [0.25, 0.3) is 0 Å². The van der Waals surface area contributed by atoms with E-state index in [1.165, 1.54) is 5.56 Å². The minimum atomic E-state index is -0.143. The first-order valence-electron chi connectivity index (χ1n) is 4.70. The van der Waals surface area contributed by atoms with Gasteiger partial charge in [0.2, 0.25) is 0 Å². The summed E-state index contributed by atoms with van der Waals surface area (Å²) in [5.74, 6) is 0.160. The van der Waals surface area contributed by atoms with Gasteiger partial charge in [-0.3, -0.25) is 4.79 Å². The van der Waals surface area contributed by atoms with Crippen LogP contribution >= 0.6 is 11.6 Å². The van der Waals surface area contributed by atoms with Gasteiger partial charge in [0.1, 0.15) is 0 Å². The molecule has 1 heterocycles. The van der Waals surface area contributed by atoms with Gasteiger partial charge < -0.3 is 5.32 Å². The van der Waals surface area contributed by atoms with Gasteiger partial charge in [0.15, 0.2) is 5.78 Å². The Hall–Kier alpha value is -0.860. The molecule has 1 aromatic carbocycles. The Labute approximate surface area is 88.3 Å². The molecular formula is C11H12ClNO. The zero-order valence-corrected chi connectivity index (χ0v) is 8.77. The van der Waals surface area contributed by atoms with Gasteiger partial charge in [0.05, 0.1) is 6.04 Å². The van der Waals surface area contributed by atoms with Crippen molar-refractivity contribution < 1.29 is 4.79 Å². The second-order valence-electron chi connectivity index (χ2n) is 3.59. The van der Waals surface area contributed by atoms with Crippen LogP contribution in [0.2, 0.25) is 5.02 Å². The summed E-state index contributed by atoms with van der Waals surface area (Å²) in [5, 5.41) is 3.95. The molecule has 1 atom stereocenters. The average Bonchev–Trinajstić information content (AvgIpc) is 2.16. The Kier molecular flexibility index (Phi) is 2.57. The van der Waals surface area contributed by atoms with Crippen molar-refractivity contribution in [1.82, 2.24) is 5.32 Å². The van der Waals surface area contributed by atoms with Gasteiger partial charge in [-0.2, -0.15) is 0 Å². The second kappa shape index (κ2) is 3.71. The monoisotopic (exact) mass is 209 g/mol. The molecular weight excluding hydrogens is 198 g/mol. The summed E-state index contributed by atoms with van der Waals surface area (Å²) in [5.41, 5.74) is 2.27. The maximum Gasteiger partial charge on any atom is 0.151 e. The van der Waals surface area contributed by atoms with E-state index < -0.39 is 0 Å². The van der Waals surface area contributed by atoms with Crippen molar-refractivity contribution in [2.24, 2.45) is 0 Å². The number of carbonyl (C=O) groups excluding carboxylic acids is 1. The van der Waals surface area contributed by atoms with Crippen molar-refractivity contribution in [3.8, 4) is 0 Å². The van der Waals surface area contributed by atoms with E-state index in [4.69, 9.17) is 11.6 Å². The first-order chi connectivity index (χ1) is 6.68. The molecule has 2 rings (SSSR count). The van der Waals surface area contributed by atoms with E-state index in [1.54, 1.807) is 6.92 Å². The molecule has 1 unspecified atom stereocenters. The van der Waals surface area contributed by atoms with Crippen LogP contribution < -0.4 is 5.32 Å². The van der Waals surface area contributed by atoms with Gasteiger partial charge >= 0.3 is 0 Å². The molecule has 0 saturated carbocycles. The Balaban J connectivity index is 2.44. The van der Waals surface area contributed by atoms with E-state index in [-0.39, 0.29) is 11.8 Å². The second-order valence-corrected chi connectivity index (χ2v) is 4.03. The molecule has 74 valence electrons. The Morgan fingerprint density at radius 2 is 2.36 bits per heavy atom. The topological polar surface area (TPSA) is 29.1 Å². The number of nitrogens with one attached hydrogen (secondary N) is 1. The maximum absolute atomic E-state index is 11.4. The lowest BCUT2D eigenvalue weighted by molar-refractivity contribution is -0.119. The van der Waals surface area contributed by atoms with E-state index in [1.807, 2.05) is 18.2 Å². The van der Waals surface area contributed by atoms with E-state index in [2.05, 4.69) is 5.32 Å². The van der Waals surface area contributed by atoms with Crippen molar-refractivity contribution >= 4 is 17.4 Å². The average molecular weight is 210 g/mol. The molecule has 0 fully saturated rings. The van der Waals surface area contributed by atoms with Crippen molar-refractivity contribution in [3.05, 3.63) is 34.3 Å². The number of fused-ring (bicyclic) bond motifs is 1. The summed E-state index contributed by atoms with van der Waals surface area (Å²) < 4.78 is 0. The van der Waals surface area contributed by atoms with Crippen LogP contribution in [0.4, 0.5) is 0 Å². The van der Waals surface area contributed by atoms with Crippen LogP contribution in [-0.4, -0.2) is 12.3 Å². The van der Waals surface area contributed by atoms with E-state index in [0.29, 0.717) is 0 Å². The normalized spacial score (nSPS) is 20.3. The van der Waals surface area contributed by atoms with Crippen molar-refractivity contribution in [3.63, 3.8) is 0 Å². The van der Waals surface area contributed by atoms with Gasteiger partial charge in [-0.15, -0.1) is 0 Å². The first kappa shape index (κ1) is 9.69. The molecule has 1 N–H and O–H groups in total. The zero-order chi connectivity index (χ0) is 10.1. The zero-order valence-electron chi connectivity index (χ0n) is 8.01. The van der Waals surface area contributed by atoms with Crippen LogP contribution in [-0.2, 0) is 11.2 Å². The van der Waals surface area contributed by atoms with Crippen LogP contribution in [0.3, 0.4) is 0 Å². The molecule has 3 heteroatoms. The molecule has 1 aliphatic heterocycles. The van der Waals surface area contributed by atoms with Crippen LogP contribution in [0, 0.1) is 0 Å². The smallest absolute Gasteiger partial charge is 0.151 e. The molecule has 0 bridgehead atoms. The number of ketones is 1. The minimum absolute atomic E-state index is 0.143. The van der Waals surface area contributed by atoms with Crippen molar-refractivity contribution in [2.75, 3.05) is 6.54 Å². The van der Waals surface area contributed by atoms with Gasteiger partial charge in [0, 0.05) is 11.6 Å². The third-order valence-electron chi connectivity index (χ3n) is 2.57. The highest BCUT2D eigenvalue weighted by atomic mass is 35.5. The quantitative estimate of drug-likeness (QED) is 0.768. The molecule has 0 radical (unpaired) electrons. The predicted octanol–water partition coefficient (Wildman–Crippen LogP) is 2.12. The molecule has 14 heavy (non-hydrogen) atoms. The largest absolute Gasteiger partial charge is 0.303 e. The molecule has 2 nitrogen and oxygen atoms in total. The van der Waals surface area contributed by atoms with Crippen LogP contribution in [0.15, 0.2) is 18.2 Å². The molecule has 1 aromatic rings. The third-order valence-corrected chi connectivity index (χ3v) is 2.80. The number of Topliss-reactive ketones (excluding diaryl/α,β-unsaturated/α-hetero) is 1. The van der Waals surface area contributed by atoms with Gasteiger partial charge in [-0.25, -0.2) is 0 Å². The number of hydrogen-bond acceptors (Lipinski definition) is 2. The molecule has 0 aliphatic carbocycles. The number of benzene rings is 1. The van der Waals surface area contributed by atoms with Crippen LogP contribution in [0.1, 0.15) is 24.1 Å². The van der Waals surface area contributed by atoms with Gasteiger partial charge in [-0.1, -0.05) is 17.7 Å². The number of halogens is 1. The fourth-order valence-electron chi connectivity index (χ4n) is 1.90. The fourth-order valence-corrected chi connectivity index (χ4v) is 2.09. The van der Waals surface area contributed by atoms with E-state index in [0.717, 1.165) is 23.6 Å². The summed E-state index contributed by atoms with van der Waals surface area (Å²) in [4.78, 5) is 11.4. The molecule has 0 saturated heterocycles. The number of hydrogen-bond donors (Lipinski definition) is 1. The van der Waals surface area contributed by atoms with Gasteiger partial charge in [-0.05, 0) is 36.6 Å². The summed E-state index contributed by atoms with van der Waals surface area (Å²) in [6.45, 7) is 2.46. The highest BCUT2D eigenvalue weighted by Crippen LogP contribution is 2.26. The Bertz CT molecular complexity index is 376. The Morgan fingerprint density at radius 1 is 1.57 bits per heavy atom. The highest BCUT2D eigenvalue weighted by Gasteiger charge is 2.22. The first-order valence-corrected chi connectivity index (χ1v) is 5.08. The lowest BCUT2D eigenvalue weighted by Gasteiger charge is -2.24. The molecule has 0 amide bonds. The predicted molar refractivity (Wildman–Crippen MR) is 56.6 cm³/mol.